The van der Waals surface area contributed by atoms with E-state index in [9.17, 15) is 4.79 Å². The van der Waals surface area contributed by atoms with Crippen molar-refractivity contribution in [1.29, 1.82) is 0 Å². The van der Waals surface area contributed by atoms with Crippen LogP contribution in [0.2, 0.25) is 0 Å². The van der Waals surface area contributed by atoms with Crippen LogP contribution in [0.25, 0.3) is 10.2 Å². The van der Waals surface area contributed by atoms with Crippen LogP contribution in [0.1, 0.15) is 17.3 Å². The van der Waals surface area contributed by atoms with Crippen LogP contribution >= 0.6 is 11.3 Å². The van der Waals surface area contributed by atoms with E-state index in [-0.39, 0.29) is 5.91 Å². The van der Waals surface area contributed by atoms with E-state index in [0.717, 1.165) is 21.7 Å². The zero-order valence-corrected chi connectivity index (χ0v) is 14.6. The minimum atomic E-state index is -0.271. The number of ether oxygens (including phenoxy) is 2. The van der Waals surface area contributed by atoms with Crippen molar-refractivity contribution in [3.8, 4) is 11.5 Å². The molecule has 124 valence electrons. The van der Waals surface area contributed by atoms with E-state index in [1.807, 2.05) is 36.7 Å². The van der Waals surface area contributed by atoms with E-state index < -0.39 is 0 Å². The summed E-state index contributed by atoms with van der Waals surface area (Å²) in [6.45, 7) is 2.52. The van der Waals surface area contributed by atoms with Crippen LogP contribution in [0.15, 0.2) is 47.5 Å². The summed E-state index contributed by atoms with van der Waals surface area (Å²) in [6.07, 6.45) is 0. The fourth-order valence-corrected chi connectivity index (χ4v) is 3.40. The average Bonchev–Trinajstić information content (AvgIpc) is 2.91. The third kappa shape index (κ3) is 3.19. The molecule has 0 unspecified atom stereocenters. The Kier molecular flexibility index (Phi) is 4.66. The summed E-state index contributed by atoms with van der Waals surface area (Å²) >= 11 is 1.46. The summed E-state index contributed by atoms with van der Waals surface area (Å²) in [5, 5.41) is 0. The molecule has 0 spiro atoms. The normalized spacial score (nSPS) is 11.7. The summed E-state index contributed by atoms with van der Waals surface area (Å²) in [5.74, 6) is 1.26. The van der Waals surface area contributed by atoms with Gasteiger partial charge in [-0.25, -0.2) is 0 Å². The molecule has 0 saturated heterocycles. The topological polar surface area (TPSA) is 52.8 Å². The van der Waals surface area contributed by atoms with Crippen LogP contribution in [0.3, 0.4) is 0 Å². The molecule has 0 atom stereocenters. The number of amides is 1. The van der Waals surface area contributed by atoms with Gasteiger partial charge in [0, 0.05) is 12.6 Å². The van der Waals surface area contributed by atoms with Gasteiger partial charge in [0.2, 0.25) is 0 Å². The standard InChI is InChI=1S/C18H18N2O3S/c1-4-23-13-7-5-12(6-8-13)17(21)19-18-20(2)15-10-9-14(22-3)11-16(15)24-18/h5-11H,4H2,1-3H3. The molecule has 24 heavy (non-hydrogen) atoms. The lowest BCUT2D eigenvalue weighted by atomic mass is 10.2. The smallest absolute Gasteiger partial charge is 0.279 e. The lowest BCUT2D eigenvalue weighted by Gasteiger charge is -2.02. The summed E-state index contributed by atoms with van der Waals surface area (Å²) in [7, 11) is 3.53. The third-order valence-electron chi connectivity index (χ3n) is 3.63. The van der Waals surface area contributed by atoms with E-state index in [4.69, 9.17) is 9.47 Å². The highest BCUT2D eigenvalue weighted by molar-refractivity contribution is 7.16. The Labute approximate surface area is 143 Å². The molecule has 0 aliphatic carbocycles. The van der Waals surface area contributed by atoms with Gasteiger partial charge in [-0.1, -0.05) is 11.3 Å². The van der Waals surface area contributed by atoms with Gasteiger partial charge >= 0.3 is 0 Å². The maximum Gasteiger partial charge on any atom is 0.279 e. The van der Waals surface area contributed by atoms with Crippen molar-refractivity contribution in [2.24, 2.45) is 12.0 Å². The van der Waals surface area contributed by atoms with Gasteiger partial charge in [0.15, 0.2) is 4.80 Å². The number of carbonyl (C=O) groups excluding carboxylic acids is 1. The number of aromatic nitrogens is 1. The van der Waals surface area contributed by atoms with Gasteiger partial charge in [-0.15, -0.1) is 0 Å². The Bertz CT molecular complexity index is 939. The molecule has 2 aromatic carbocycles. The highest BCUT2D eigenvalue weighted by Crippen LogP contribution is 2.22. The molecule has 1 amide bonds. The summed E-state index contributed by atoms with van der Waals surface area (Å²) in [6, 6.07) is 12.8. The number of rotatable bonds is 4. The molecule has 0 fully saturated rings. The second-order valence-electron chi connectivity index (χ2n) is 5.15. The van der Waals surface area contributed by atoms with Crippen LogP contribution in [0, 0.1) is 0 Å². The molecular formula is C18H18N2O3S. The second-order valence-corrected chi connectivity index (χ2v) is 6.16. The van der Waals surface area contributed by atoms with Crippen molar-refractivity contribution in [2.75, 3.05) is 13.7 Å². The fraction of sp³-hybridized carbons (Fsp3) is 0.222. The predicted octanol–water partition coefficient (Wildman–Crippen LogP) is 3.39. The van der Waals surface area contributed by atoms with Crippen LogP contribution in [0.5, 0.6) is 11.5 Å². The lowest BCUT2D eigenvalue weighted by molar-refractivity contribution is 0.0998. The summed E-state index contributed by atoms with van der Waals surface area (Å²) in [5.41, 5.74) is 1.55. The van der Waals surface area contributed by atoms with Gasteiger partial charge in [0.05, 0.1) is 23.9 Å². The Morgan fingerprint density at radius 1 is 1.17 bits per heavy atom. The van der Waals surface area contributed by atoms with Crippen molar-refractivity contribution >= 4 is 27.5 Å². The zero-order chi connectivity index (χ0) is 17.1. The maximum absolute atomic E-state index is 12.4. The summed E-state index contributed by atoms with van der Waals surface area (Å²) in [4.78, 5) is 17.3. The number of nitrogens with zero attached hydrogens (tertiary/aromatic N) is 2. The highest BCUT2D eigenvalue weighted by atomic mass is 32.1. The molecule has 0 aliphatic rings. The van der Waals surface area contributed by atoms with Gasteiger partial charge in [0.1, 0.15) is 11.5 Å². The number of benzene rings is 2. The first kappa shape index (κ1) is 16.3. The number of hydrogen-bond donors (Lipinski definition) is 0. The largest absolute Gasteiger partial charge is 0.497 e. The van der Waals surface area contributed by atoms with Crippen LogP contribution < -0.4 is 14.3 Å². The minimum absolute atomic E-state index is 0.271. The lowest BCUT2D eigenvalue weighted by Crippen LogP contribution is -2.13. The number of thiazole rings is 1. The zero-order valence-electron chi connectivity index (χ0n) is 13.8. The molecule has 3 aromatic rings. The first-order valence-electron chi connectivity index (χ1n) is 7.58. The van der Waals surface area contributed by atoms with Crippen molar-refractivity contribution in [1.82, 2.24) is 4.57 Å². The Morgan fingerprint density at radius 2 is 1.88 bits per heavy atom. The first-order valence-corrected chi connectivity index (χ1v) is 8.39. The molecule has 1 aromatic heterocycles. The molecule has 3 rings (SSSR count). The Hall–Kier alpha value is -2.60. The number of hydrogen-bond acceptors (Lipinski definition) is 4. The fourth-order valence-electron chi connectivity index (χ4n) is 2.36. The van der Waals surface area contributed by atoms with Crippen LogP contribution in [-0.2, 0) is 7.05 Å². The van der Waals surface area contributed by atoms with E-state index in [1.54, 1.807) is 31.4 Å². The number of carbonyl (C=O) groups is 1. The molecule has 6 heteroatoms. The molecule has 0 saturated carbocycles. The average molecular weight is 342 g/mol. The van der Waals surface area contributed by atoms with Gasteiger partial charge in [0.25, 0.3) is 5.91 Å². The highest BCUT2D eigenvalue weighted by Gasteiger charge is 2.08. The maximum atomic E-state index is 12.4. The van der Waals surface area contributed by atoms with Crippen molar-refractivity contribution in [2.45, 2.75) is 6.92 Å². The quantitative estimate of drug-likeness (QED) is 0.730. The molecule has 5 nitrogen and oxygen atoms in total. The monoisotopic (exact) mass is 342 g/mol. The van der Waals surface area contributed by atoms with Gasteiger partial charge in [-0.2, -0.15) is 4.99 Å². The Morgan fingerprint density at radius 3 is 2.54 bits per heavy atom. The Balaban J connectivity index is 1.96. The van der Waals surface area contributed by atoms with Crippen LogP contribution in [0.4, 0.5) is 0 Å². The minimum Gasteiger partial charge on any atom is -0.497 e. The van der Waals surface area contributed by atoms with Gasteiger partial charge in [-0.3, -0.25) is 4.79 Å². The summed E-state index contributed by atoms with van der Waals surface area (Å²) < 4.78 is 13.6. The number of aryl methyl sites for hydroxylation is 1. The molecule has 0 bridgehead atoms. The van der Waals surface area contributed by atoms with E-state index in [0.29, 0.717) is 17.0 Å². The van der Waals surface area contributed by atoms with E-state index >= 15 is 0 Å². The molecule has 0 aliphatic heterocycles. The van der Waals surface area contributed by atoms with E-state index in [2.05, 4.69) is 4.99 Å². The molecular weight excluding hydrogens is 324 g/mol. The van der Waals surface area contributed by atoms with Gasteiger partial charge in [-0.05, 0) is 49.4 Å². The predicted molar refractivity (Wildman–Crippen MR) is 94.9 cm³/mol. The van der Waals surface area contributed by atoms with Crippen molar-refractivity contribution in [3.05, 3.63) is 52.8 Å². The second kappa shape index (κ2) is 6.88. The first-order chi connectivity index (χ1) is 11.6. The number of methoxy groups -OCH3 is 1. The SMILES string of the molecule is CCOc1ccc(C(=O)N=c2sc3cc(OC)ccc3n2C)cc1. The third-order valence-corrected chi connectivity index (χ3v) is 4.72. The van der Waals surface area contributed by atoms with E-state index in [1.165, 1.54) is 11.3 Å². The molecule has 1 heterocycles. The molecule has 0 N–H and O–H groups in total. The van der Waals surface area contributed by atoms with Crippen molar-refractivity contribution < 1.29 is 14.3 Å². The van der Waals surface area contributed by atoms with Gasteiger partial charge < -0.3 is 14.0 Å². The van der Waals surface area contributed by atoms with Crippen molar-refractivity contribution in [3.63, 3.8) is 0 Å². The van der Waals surface area contributed by atoms with Crippen LogP contribution in [-0.4, -0.2) is 24.2 Å². The number of fused-ring (bicyclic) bond motifs is 1. The molecule has 0 radical (unpaired) electrons.